The van der Waals surface area contributed by atoms with Gasteiger partial charge < -0.3 is 15.2 Å². The Labute approximate surface area is 110 Å². The van der Waals surface area contributed by atoms with Gasteiger partial charge in [-0.3, -0.25) is 14.9 Å². The smallest absolute Gasteiger partial charge is 0.323 e. The molecule has 0 radical (unpaired) electrons. The average molecular weight is 268 g/mol. The summed E-state index contributed by atoms with van der Waals surface area (Å²) < 4.78 is 9.71. The minimum atomic E-state index is -0.939. The molecule has 104 valence electrons. The molecule has 0 fully saturated rings. The second-order valence-electron chi connectivity index (χ2n) is 3.79. The number of ether oxygens (including phenoxy) is 2. The molecule has 1 aromatic carbocycles. The van der Waals surface area contributed by atoms with Crippen LogP contribution in [0.4, 0.5) is 5.69 Å². The molecule has 7 nitrogen and oxygen atoms in total. The molecule has 7 heteroatoms. The van der Waals surface area contributed by atoms with Crippen LogP contribution < -0.4 is 10.5 Å². The number of carbonyl (C=O) groups is 1. The van der Waals surface area contributed by atoms with Gasteiger partial charge in [0.25, 0.3) is 0 Å². The molecule has 0 saturated heterocycles. The van der Waals surface area contributed by atoms with Crippen LogP contribution in [0.15, 0.2) is 18.2 Å². The van der Waals surface area contributed by atoms with Gasteiger partial charge in [-0.1, -0.05) is 12.1 Å². The average Bonchev–Trinajstić information content (AvgIpc) is 2.38. The Kier molecular flexibility index (Phi) is 5.25. The highest BCUT2D eigenvalue weighted by Gasteiger charge is 2.24. The number of hydrogen-bond donors (Lipinski definition) is 1. The summed E-state index contributed by atoms with van der Waals surface area (Å²) in [5, 5.41) is 11.0. The van der Waals surface area contributed by atoms with Gasteiger partial charge in [-0.25, -0.2) is 0 Å². The Morgan fingerprint density at radius 2 is 2.21 bits per heavy atom. The summed E-state index contributed by atoms with van der Waals surface area (Å²) in [4.78, 5) is 21.9. The number of methoxy groups -OCH3 is 1. The van der Waals surface area contributed by atoms with E-state index in [2.05, 4.69) is 0 Å². The highest BCUT2D eigenvalue weighted by molar-refractivity contribution is 5.76. The predicted molar refractivity (Wildman–Crippen MR) is 68.0 cm³/mol. The fraction of sp³-hybridized carbons (Fsp3) is 0.417. The monoisotopic (exact) mass is 268 g/mol. The minimum Gasteiger partial charge on any atom is -0.490 e. The van der Waals surface area contributed by atoms with E-state index in [4.69, 9.17) is 15.2 Å². The SMILES string of the molecule is CCOC(=O)C(N)Cc1cccc(OC)c1[N+](=O)[O-]. The molecule has 0 spiro atoms. The lowest BCUT2D eigenvalue weighted by Gasteiger charge is -2.11. The first-order valence-electron chi connectivity index (χ1n) is 5.73. The van der Waals surface area contributed by atoms with Gasteiger partial charge in [0.05, 0.1) is 18.6 Å². The topological polar surface area (TPSA) is 105 Å². The number of hydrogen-bond acceptors (Lipinski definition) is 6. The summed E-state index contributed by atoms with van der Waals surface area (Å²) in [5.41, 5.74) is 5.82. The molecule has 0 aromatic heterocycles. The molecule has 1 rings (SSSR count). The fourth-order valence-corrected chi connectivity index (χ4v) is 1.67. The lowest BCUT2D eigenvalue weighted by Crippen LogP contribution is -2.34. The third kappa shape index (κ3) is 3.65. The summed E-state index contributed by atoms with van der Waals surface area (Å²) in [7, 11) is 1.34. The number of benzene rings is 1. The zero-order valence-electron chi connectivity index (χ0n) is 10.8. The molecule has 1 unspecified atom stereocenters. The zero-order chi connectivity index (χ0) is 14.4. The summed E-state index contributed by atoms with van der Waals surface area (Å²) >= 11 is 0. The van der Waals surface area contributed by atoms with Gasteiger partial charge in [0.15, 0.2) is 5.75 Å². The highest BCUT2D eigenvalue weighted by Crippen LogP contribution is 2.31. The molecule has 19 heavy (non-hydrogen) atoms. The van der Waals surface area contributed by atoms with Crippen LogP contribution in [0.2, 0.25) is 0 Å². The van der Waals surface area contributed by atoms with Crippen LogP contribution in [0.1, 0.15) is 12.5 Å². The van der Waals surface area contributed by atoms with Crippen LogP contribution in [0, 0.1) is 10.1 Å². The van der Waals surface area contributed by atoms with E-state index in [0.717, 1.165) is 0 Å². The second-order valence-corrected chi connectivity index (χ2v) is 3.79. The van der Waals surface area contributed by atoms with Crippen molar-refractivity contribution in [1.82, 2.24) is 0 Å². The van der Waals surface area contributed by atoms with Gasteiger partial charge in [0, 0.05) is 12.0 Å². The molecule has 1 aromatic rings. The molecule has 0 aliphatic heterocycles. The number of esters is 1. The molecule has 1 atom stereocenters. The van der Waals surface area contributed by atoms with Crippen molar-refractivity contribution in [2.24, 2.45) is 5.73 Å². The quantitative estimate of drug-likeness (QED) is 0.469. The largest absolute Gasteiger partial charge is 0.490 e. The van der Waals surface area contributed by atoms with Crippen LogP contribution in [0.3, 0.4) is 0 Å². The minimum absolute atomic E-state index is 0.0202. The zero-order valence-corrected chi connectivity index (χ0v) is 10.8. The maximum atomic E-state index is 11.4. The highest BCUT2D eigenvalue weighted by atomic mass is 16.6. The van der Waals surface area contributed by atoms with E-state index in [1.54, 1.807) is 19.1 Å². The van der Waals surface area contributed by atoms with Crippen LogP contribution in [-0.2, 0) is 16.0 Å². The Morgan fingerprint density at radius 3 is 2.74 bits per heavy atom. The number of nitrogens with zero attached hydrogens (tertiary/aromatic N) is 1. The molecule has 2 N–H and O–H groups in total. The summed E-state index contributed by atoms with van der Waals surface area (Å²) in [6.45, 7) is 1.88. The molecule has 0 aliphatic carbocycles. The van der Waals surface area contributed by atoms with E-state index in [0.29, 0.717) is 5.56 Å². The third-order valence-corrected chi connectivity index (χ3v) is 2.51. The van der Waals surface area contributed by atoms with Gasteiger partial charge in [0.2, 0.25) is 0 Å². The maximum absolute atomic E-state index is 11.4. The molecular weight excluding hydrogens is 252 g/mol. The van der Waals surface area contributed by atoms with E-state index >= 15 is 0 Å². The number of nitrogens with two attached hydrogens (primary N) is 1. The van der Waals surface area contributed by atoms with Crippen molar-refractivity contribution in [2.45, 2.75) is 19.4 Å². The molecule has 0 aliphatic rings. The first-order chi connectivity index (χ1) is 9.01. The van der Waals surface area contributed by atoms with E-state index in [-0.39, 0.29) is 24.5 Å². The van der Waals surface area contributed by atoms with Crippen LogP contribution >= 0.6 is 0 Å². The Morgan fingerprint density at radius 1 is 1.53 bits per heavy atom. The summed E-state index contributed by atoms with van der Waals surface area (Å²) in [6.07, 6.45) is 0.0202. The number of rotatable bonds is 6. The number of nitro groups is 1. The fourth-order valence-electron chi connectivity index (χ4n) is 1.67. The van der Waals surface area contributed by atoms with Crippen molar-refractivity contribution < 1.29 is 19.2 Å². The molecule has 0 bridgehead atoms. The lowest BCUT2D eigenvalue weighted by molar-refractivity contribution is -0.386. The molecule has 0 heterocycles. The van der Waals surface area contributed by atoms with Gasteiger partial charge in [-0.05, 0) is 13.0 Å². The number of carbonyl (C=O) groups excluding carboxylic acids is 1. The van der Waals surface area contributed by atoms with E-state index in [1.165, 1.54) is 13.2 Å². The predicted octanol–water partition coefficient (Wildman–Crippen LogP) is 1.04. The van der Waals surface area contributed by atoms with Crippen molar-refractivity contribution in [3.8, 4) is 5.75 Å². The van der Waals surface area contributed by atoms with Gasteiger partial charge in [-0.15, -0.1) is 0 Å². The van der Waals surface area contributed by atoms with Crippen LogP contribution in [0.5, 0.6) is 5.75 Å². The third-order valence-electron chi connectivity index (χ3n) is 2.51. The van der Waals surface area contributed by atoms with Crippen molar-refractivity contribution >= 4 is 11.7 Å². The Hall–Kier alpha value is -2.15. The maximum Gasteiger partial charge on any atom is 0.323 e. The van der Waals surface area contributed by atoms with Gasteiger partial charge in [0.1, 0.15) is 6.04 Å². The number of nitro benzene ring substituents is 1. The van der Waals surface area contributed by atoms with Crippen molar-refractivity contribution in [3.05, 3.63) is 33.9 Å². The van der Waals surface area contributed by atoms with E-state index in [9.17, 15) is 14.9 Å². The standard InChI is InChI=1S/C12H16N2O5/c1-3-19-12(15)9(13)7-8-5-4-6-10(18-2)11(8)14(16)17/h4-6,9H,3,7,13H2,1-2H3. The van der Waals surface area contributed by atoms with Crippen molar-refractivity contribution in [1.29, 1.82) is 0 Å². The Balaban J connectivity index is 3.01. The van der Waals surface area contributed by atoms with E-state index < -0.39 is 16.9 Å². The van der Waals surface area contributed by atoms with Gasteiger partial charge >= 0.3 is 11.7 Å². The lowest BCUT2D eigenvalue weighted by atomic mass is 10.0. The number of para-hydroxylation sites is 1. The summed E-state index contributed by atoms with van der Waals surface area (Å²) in [6, 6.07) is 3.70. The van der Waals surface area contributed by atoms with E-state index in [1.807, 2.05) is 0 Å². The molecule has 0 saturated carbocycles. The first kappa shape index (κ1) is 14.9. The van der Waals surface area contributed by atoms with Crippen molar-refractivity contribution in [2.75, 3.05) is 13.7 Å². The van der Waals surface area contributed by atoms with Crippen LogP contribution in [0.25, 0.3) is 0 Å². The van der Waals surface area contributed by atoms with Crippen molar-refractivity contribution in [3.63, 3.8) is 0 Å². The summed E-state index contributed by atoms with van der Waals surface area (Å²) in [5.74, 6) is -0.446. The molecule has 0 amide bonds. The van der Waals surface area contributed by atoms with Gasteiger partial charge in [-0.2, -0.15) is 0 Å². The Bertz CT molecular complexity index is 475. The molecular formula is C12H16N2O5. The first-order valence-corrected chi connectivity index (χ1v) is 5.73. The second kappa shape index (κ2) is 6.69. The van der Waals surface area contributed by atoms with Crippen LogP contribution in [-0.4, -0.2) is 30.7 Å². The normalized spacial score (nSPS) is 11.7.